The summed E-state index contributed by atoms with van der Waals surface area (Å²) in [6.45, 7) is 2.60. The first-order chi connectivity index (χ1) is 15.5. The molecule has 3 aromatic rings. The first-order valence-corrected chi connectivity index (χ1v) is 10.6. The second-order valence-electron chi connectivity index (χ2n) is 6.61. The lowest BCUT2D eigenvalue weighted by molar-refractivity contribution is 0.0955. The van der Waals surface area contributed by atoms with Crippen LogP contribution in [0.1, 0.15) is 28.4 Å². The average molecular weight is 473 g/mol. The van der Waals surface area contributed by atoms with E-state index in [1.807, 2.05) is 19.1 Å². The number of amides is 1. The molecule has 0 fully saturated rings. The van der Waals surface area contributed by atoms with Gasteiger partial charge in [-0.3, -0.25) is 4.79 Å². The van der Waals surface area contributed by atoms with E-state index in [1.54, 1.807) is 48.5 Å². The Labute approximate surface area is 196 Å². The van der Waals surface area contributed by atoms with Crippen LogP contribution in [0.3, 0.4) is 0 Å². The highest BCUT2D eigenvalue weighted by Gasteiger charge is 2.13. The maximum Gasteiger partial charge on any atom is 0.271 e. The Hall–Kier alpha value is -3.22. The SMILES string of the molecule is CCOc1cc(/C=N\NC(=O)c2cccc(OC)c2)cc(Cl)c1OCc1ccc(Cl)cc1. The van der Waals surface area contributed by atoms with Crippen molar-refractivity contribution in [3.8, 4) is 17.2 Å². The zero-order chi connectivity index (χ0) is 22.9. The molecule has 0 bridgehead atoms. The second-order valence-corrected chi connectivity index (χ2v) is 7.45. The Morgan fingerprint density at radius 1 is 1.06 bits per heavy atom. The fourth-order valence-electron chi connectivity index (χ4n) is 2.80. The number of hydrogen-bond acceptors (Lipinski definition) is 5. The van der Waals surface area contributed by atoms with Gasteiger partial charge in [0.15, 0.2) is 11.5 Å². The molecule has 0 aromatic heterocycles. The monoisotopic (exact) mass is 472 g/mol. The van der Waals surface area contributed by atoms with E-state index in [0.29, 0.717) is 51.6 Å². The Kier molecular flexibility index (Phi) is 8.36. The smallest absolute Gasteiger partial charge is 0.271 e. The highest BCUT2D eigenvalue weighted by molar-refractivity contribution is 6.32. The second kappa shape index (κ2) is 11.4. The van der Waals surface area contributed by atoms with Crippen LogP contribution in [0.15, 0.2) is 65.8 Å². The molecule has 32 heavy (non-hydrogen) atoms. The van der Waals surface area contributed by atoms with Gasteiger partial charge in [0.1, 0.15) is 12.4 Å². The van der Waals surface area contributed by atoms with Crippen LogP contribution in [-0.4, -0.2) is 25.8 Å². The summed E-state index contributed by atoms with van der Waals surface area (Å²) < 4.78 is 16.7. The maximum absolute atomic E-state index is 12.3. The Bertz CT molecular complexity index is 1100. The summed E-state index contributed by atoms with van der Waals surface area (Å²) in [5, 5.41) is 5.04. The third kappa shape index (κ3) is 6.39. The molecule has 0 saturated heterocycles. The number of carbonyl (C=O) groups excluding carboxylic acids is 1. The number of nitrogens with one attached hydrogen (secondary N) is 1. The van der Waals surface area contributed by atoms with Crippen molar-refractivity contribution < 1.29 is 19.0 Å². The van der Waals surface area contributed by atoms with E-state index < -0.39 is 0 Å². The standard InChI is InChI=1S/C24H22Cl2N2O4/c1-3-31-22-12-17(14-27-28-24(29)18-5-4-6-20(13-18)30-2)11-21(26)23(22)32-15-16-7-9-19(25)10-8-16/h4-14H,3,15H2,1-2H3,(H,28,29)/b27-14-. The van der Waals surface area contributed by atoms with Crippen molar-refractivity contribution in [2.75, 3.05) is 13.7 Å². The minimum atomic E-state index is -0.362. The van der Waals surface area contributed by atoms with Crippen molar-refractivity contribution in [2.45, 2.75) is 13.5 Å². The summed E-state index contributed by atoms with van der Waals surface area (Å²) in [5.74, 6) is 1.14. The minimum Gasteiger partial charge on any atom is -0.497 e. The van der Waals surface area contributed by atoms with Crippen molar-refractivity contribution >= 4 is 35.3 Å². The summed E-state index contributed by atoms with van der Waals surface area (Å²) in [6, 6.07) is 17.6. The molecule has 1 N–H and O–H groups in total. The molecule has 0 unspecified atom stereocenters. The Morgan fingerprint density at radius 3 is 2.56 bits per heavy atom. The molecular formula is C24H22Cl2N2O4. The van der Waals surface area contributed by atoms with Gasteiger partial charge in [-0.25, -0.2) is 5.43 Å². The number of benzene rings is 3. The fraction of sp³-hybridized carbons (Fsp3) is 0.167. The number of halogens is 2. The number of nitrogens with zero attached hydrogens (tertiary/aromatic N) is 1. The van der Waals surface area contributed by atoms with Gasteiger partial charge >= 0.3 is 0 Å². The lowest BCUT2D eigenvalue weighted by atomic mass is 10.2. The average Bonchev–Trinajstić information content (AvgIpc) is 2.80. The van der Waals surface area contributed by atoms with E-state index in [-0.39, 0.29) is 5.91 Å². The summed E-state index contributed by atoms with van der Waals surface area (Å²) in [5.41, 5.74) is 4.50. The van der Waals surface area contributed by atoms with E-state index in [4.69, 9.17) is 37.4 Å². The molecule has 0 aliphatic rings. The summed E-state index contributed by atoms with van der Waals surface area (Å²) >= 11 is 12.4. The van der Waals surface area contributed by atoms with E-state index >= 15 is 0 Å². The predicted octanol–water partition coefficient (Wildman–Crippen LogP) is 5.74. The van der Waals surface area contributed by atoms with Crippen LogP contribution in [-0.2, 0) is 6.61 Å². The highest BCUT2D eigenvalue weighted by Crippen LogP contribution is 2.37. The summed E-state index contributed by atoms with van der Waals surface area (Å²) in [6.07, 6.45) is 1.48. The van der Waals surface area contributed by atoms with Gasteiger partial charge in [0.2, 0.25) is 0 Å². The molecule has 3 aromatic carbocycles. The lowest BCUT2D eigenvalue weighted by Crippen LogP contribution is -2.17. The molecule has 0 saturated carbocycles. The molecule has 0 radical (unpaired) electrons. The molecule has 0 spiro atoms. The molecule has 0 aliphatic heterocycles. The quantitative estimate of drug-likeness (QED) is 0.318. The predicted molar refractivity (Wildman–Crippen MR) is 126 cm³/mol. The molecule has 6 nitrogen and oxygen atoms in total. The molecular weight excluding hydrogens is 451 g/mol. The molecule has 1 amide bonds. The van der Waals surface area contributed by atoms with E-state index in [2.05, 4.69) is 10.5 Å². The van der Waals surface area contributed by atoms with Crippen molar-refractivity contribution in [3.63, 3.8) is 0 Å². The van der Waals surface area contributed by atoms with Crippen LogP contribution < -0.4 is 19.6 Å². The normalized spacial score (nSPS) is 10.8. The molecule has 3 rings (SSSR count). The number of hydrogen-bond donors (Lipinski definition) is 1. The molecule has 8 heteroatoms. The first kappa shape index (κ1) is 23.4. The fourth-order valence-corrected chi connectivity index (χ4v) is 3.20. The summed E-state index contributed by atoms with van der Waals surface area (Å²) in [4.78, 5) is 12.3. The number of methoxy groups -OCH3 is 1. The van der Waals surface area contributed by atoms with Gasteiger partial charge in [0, 0.05) is 10.6 Å². The van der Waals surface area contributed by atoms with Crippen molar-refractivity contribution in [3.05, 3.63) is 87.4 Å². The van der Waals surface area contributed by atoms with Crippen LogP contribution in [0.5, 0.6) is 17.2 Å². The van der Waals surface area contributed by atoms with Gasteiger partial charge in [-0.1, -0.05) is 41.4 Å². The third-order valence-corrected chi connectivity index (χ3v) is 4.87. The maximum atomic E-state index is 12.3. The van der Waals surface area contributed by atoms with Crippen LogP contribution in [0.4, 0.5) is 0 Å². The number of ether oxygens (including phenoxy) is 3. The van der Waals surface area contributed by atoms with Crippen LogP contribution >= 0.6 is 23.2 Å². The van der Waals surface area contributed by atoms with E-state index in [1.165, 1.54) is 13.3 Å². The van der Waals surface area contributed by atoms with Gasteiger partial charge in [-0.2, -0.15) is 5.10 Å². The van der Waals surface area contributed by atoms with Gasteiger partial charge < -0.3 is 14.2 Å². The number of rotatable bonds is 9. The van der Waals surface area contributed by atoms with E-state index in [9.17, 15) is 4.79 Å². The van der Waals surface area contributed by atoms with Gasteiger partial charge in [0.05, 0.1) is 25.0 Å². The van der Waals surface area contributed by atoms with Crippen molar-refractivity contribution in [1.82, 2.24) is 5.43 Å². The van der Waals surface area contributed by atoms with Crippen LogP contribution in [0, 0.1) is 0 Å². The van der Waals surface area contributed by atoms with Gasteiger partial charge in [0.25, 0.3) is 5.91 Å². The Balaban J connectivity index is 1.71. The molecule has 0 heterocycles. The molecule has 166 valence electrons. The number of hydrazone groups is 1. The van der Waals surface area contributed by atoms with Gasteiger partial charge in [-0.15, -0.1) is 0 Å². The zero-order valence-electron chi connectivity index (χ0n) is 17.6. The summed E-state index contributed by atoms with van der Waals surface area (Å²) in [7, 11) is 1.54. The van der Waals surface area contributed by atoms with Crippen LogP contribution in [0.2, 0.25) is 10.0 Å². The lowest BCUT2D eigenvalue weighted by Gasteiger charge is -2.14. The first-order valence-electron chi connectivity index (χ1n) is 9.81. The van der Waals surface area contributed by atoms with Crippen LogP contribution in [0.25, 0.3) is 0 Å². The minimum absolute atomic E-state index is 0.307. The Morgan fingerprint density at radius 2 is 1.84 bits per heavy atom. The van der Waals surface area contributed by atoms with Crippen molar-refractivity contribution in [2.24, 2.45) is 5.10 Å². The topological polar surface area (TPSA) is 69.2 Å². The number of carbonyl (C=O) groups is 1. The highest BCUT2D eigenvalue weighted by atomic mass is 35.5. The third-order valence-electron chi connectivity index (χ3n) is 4.34. The van der Waals surface area contributed by atoms with Crippen molar-refractivity contribution in [1.29, 1.82) is 0 Å². The van der Waals surface area contributed by atoms with Gasteiger partial charge in [-0.05, 0) is 60.5 Å². The van der Waals surface area contributed by atoms with E-state index in [0.717, 1.165) is 5.56 Å². The molecule has 0 aliphatic carbocycles. The zero-order valence-corrected chi connectivity index (χ0v) is 19.1. The largest absolute Gasteiger partial charge is 0.497 e. The molecule has 0 atom stereocenters.